The molecule has 2 N–H and O–H groups in total. The lowest BCUT2D eigenvalue weighted by Gasteiger charge is -2.30. The molecule has 0 aromatic carbocycles. The van der Waals surface area contributed by atoms with Gasteiger partial charge in [-0.05, 0) is 38.0 Å². The van der Waals surface area contributed by atoms with Gasteiger partial charge in [-0.3, -0.25) is 9.48 Å². The smallest absolute Gasteiger partial charge is 0.224 e. The molecule has 6 heteroatoms. The molecule has 2 bridgehead atoms. The van der Waals surface area contributed by atoms with Crippen LogP contribution >= 0.6 is 11.6 Å². The molecular weight excluding hydrogens is 290 g/mol. The molecule has 116 valence electrons. The highest BCUT2D eigenvalue weighted by atomic mass is 35.5. The second-order valence-electron chi connectivity index (χ2n) is 6.43. The highest BCUT2D eigenvalue weighted by molar-refractivity contribution is 6.30. The van der Waals surface area contributed by atoms with Crippen molar-refractivity contribution in [2.24, 2.45) is 24.8 Å². The Bertz CT molecular complexity index is 557. The Morgan fingerprint density at radius 1 is 1.48 bits per heavy atom. The lowest BCUT2D eigenvalue weighted by Crippen LogP contribution is -2.45. The van der Waals surface area contributed by atoms with Gasteiger partial charge in [0, 0.05) is 31.2 Å². The van der Waals surface area contributed by atoms with Crippen LogP contribution in [0.3, 0.4) is 0 Å². The van der Waals surface area contributed by atoms with E-state index in [9.17, 15) is 9.90 Å². The van der Waals surface area contributed by atoms with Crippen LogP contribution in [0.25, 0.3) is 0 Å². The van der Waals surface area contributed by atoms with E-state index < -0.39 is 0 Å². The summed E-state index contributed by atoms with van der Waals surface area (Å²) in [7, 11) is 1.77. The Hall–Kier alpha value is -1.07. The molecular formula is C15H22ClN3O2. The van der Waals surface area contributed by atoms with Gasteiger partial charge in [-0.1, -0.05) is 11.6 Å². The van der Waals surface area contributed by atoms with Gasteiger partial charge in [0.1, 0.15) is 5.15 Å². The van der Waals surface area contributed by atoms with Crippen LogP contribution < -0.4 is 5.32 Å². The number of amides is 1. The maximum absolute atomic E-state index is 12.3. The van der Waals surface area contributed by atoms with Crippen LogP contribution in [0.5, 0.6) is 0 Å². The number of nitrogens with zero attached hydrogens (tertiary/aromatic N) is 2. The summed E-state index contributed by atoms with van der Waals surface area (Å²) in [4.78, 5) is 12.3. The number of hydrogen-bond acceptors (Lipinski definition) is 3. The number of fused-ring (bicyclic) bond motifs is 2. The summed E-state index contributed by atoms with van der Waals surface area (Å²) in [6, 6.07) is 0.122. The lowest BCUT2D eigenvalue weighted by molar-refractivity contribution is -0.122. The molecule has 0 saturated heterocycles. The minimum atomic E-state index is -0.0241. The quantitative estimate of drug-likeness (QED) is 0.884. The van der Waals surface area contributed by atoms with Crippen molar-refractivity contribution in [1.29, 1.82) is 0 Å². The molecule has 0 aliphatic heterocycles. The molecule has 4 atom stereocenters. The Kier molecular flexibility index (Phi) is 3.97. The average Bonchev–Trinajstić information content (AvgIpc) is 3.09. The SMILES string of the molecule is Cc1nn(C)c(Cl)c1CC(=O)NC1C2CCC(C2)C1CO. The molecule has 1 heterocycles. The Morgan fingerprint density at radius 2 is 2.19 bits per heavy atom. The van der Waals surface area contributed by atoms with E-state index in [0.29, 0.717) is 17.0 Å². The van der Waals surface area contributed by atoms with Crippen LogP contribution in [0.2, 0.25) is 5.15 Å². The maximum Gasteiger partial charge on any atom is 0.224 e. The molecule has 2 saturated carbocycles. The minimum Gasteiger partial charge on any atom is -0.396 e. The number of aliphatic hydroxyl groups is 1. The number of aromatic nitrogens is 2. The number of hydrogen-bond donors (Lipinski definition) is 2. The fourth-order valence-electron chi connectivity index (χ4n) is 4.17. The van der Waals surface area contributed by atoms with Crippen molar-refractivity contribution in [3.05, 3.63) is 16.4 Å². The maximum atomic E-state index is 12.3. The van der Waals surface area contributed by atoms with Crippen molar-refractivity contribution in [2.75, 3.05) is 6.61 Å². The Balaban J connectivity index is 1.67. The van der Waals surface area contributed by atoms with Crippen LogP contribution in [0.15, 0.2) is 0 Å². The van der Waals surface area contributed by atoms with Gasteiger partial charge < -0.3 is 10.4 Å². The zero-order chi connectivity index (χ0) is 15.1. The van der Waals surface area contributed by atoms with Gasteiger partial charge in [-0.15, -0.1) is 0 Å². The van der Waals surface area contributed by atoms with Crippen molar-refractivity contribution < 1.29 is 9.90 Å². The van der Waals surface area contributed by atoms with E-state index in [2.05, 4.69) is 10.4 Å². The third-order valence-corrected chi connectivity index (χ3v) is 5.71. The summed E-state index contributed by atoms with van der Waals surface area (Å²) in [6.45, 7) is 2.03. The van der Waals surface area contributed by atoms with E-state index in [4.69, 9.17) is 11.6 Å². The molecule has 5 nitrogen and oxygen atoms in total. The van der Waals surface area contributed by atoms with Crippen molar-refractivity contribution in [3.63, 3.8) is 0 Å². The van der Waals surface area contributed by atoms with E-state index in [1.54, 1.807) is 11.7 Å². The van der Waals surface area contributed by atoms with Crippen LogP contribution in [-0.4, -0.2) is 33.4 Å². The Morgan fingerprint density at radius 3 is 2.81 bits per heavy atom. The third-order valence-electron chi connectivity index (χ3n) is 5.23. The second-order valence-corrected chi connectivity index (χ2v) is 6.79. The van der Waals surface area contributed by atoms with Crippen molar-refractivity contribution in [2.45, 2.75) is 38.6 Å². The second kappa shape index (κ2) is 5.61. The van der Waals surface area contributed by atoms with Crippen molar-refractivity contribution in [3.8, 4) is 0 Å². The average molecular weight is 312 g/mol. The van der Waals surface area contributed by atoms with E-state index in [1.165, 1.54) is 12.8 Å². The highest BCUT2D eigenvalue weighted by Gasteiger charge is 2.47. The van der Waals surface area contributed by atoms with Gasteiger partial charge >= 0.3 is 0 Å². The van der Waals surface area contributed by atoms with Gasteiger partial charge in [0.2, 0.25) is 5.91 Å². The van der Waals surface area contributed by atoms with Gasteiger partial charge in [0.15, 0.2) is 0 Å². The van der Waals surface area contributed by atoms with E-state index in [1.807, 2.05) is 6.92 Å². The summed E-state index contributed by atoms with van der Waals surface area (Å²) >= 11 is 6.17. The first kappa shape index (κ1) is 14.9. The van der Waals surface area contributed by atoms with Gasteiger partial charge in [0.05, 0.1) is 12.1 Å². The van der Waals surface area contributed by atoms with E-state index in [-0.39, 0.29) is 30.9 Å². The van der Waals surface area contributed by atoms with Crippen molar-refractivity contribution in [1.82, 2.24) is 15.1 Å². The summed E-state index contributed by atoms with van der Waals surface area (Å²) < 4.78 is 1.59. The van der Waals surface area contributed by atoms with Gasteiger partial charge in [-0.2, -0.15) is 5.10 Å². The molecule has 4 unspecified atom stereocenters. The first-order valence-corrected chi connectivity index (χ1v) is 7.97. The summed E-state index contributed by atoms with van der Waals surface area (Å²) in [6.07, 6.45) is 3.75. The molecule has 1 aromatic rings. The summed E-state index contributed by atoms with van der Waals surface area (Å²) in [5.74, 6) is 1.30. The molecule has 2 aliphatic carbocycles. The molecule has 3 rings (SSSR count). The monoisotopic (exact) mass is 311 g/mol. The van der Waals surface area contributed by atoms with Gasteiger partial charge in [0.25, 0.3) is 0 Å². The zero-order valence-electron chi connectivity index (χ0n) is 12.5. The lowest BCUT2D eigenvalue weighted by atomic mass is 9.85. The van der Waals surface area contributed by atoms with Crippen LogP contribution in [-0.2, 0) is 18.3 Å². The number of halogens is 1. The number of aliphatic hydroxyl groups excluding tert-OH is 1. The van der Waals surface area contributed by atoms with E-state index in [0.717, 1.165) is 17.7 Å². The first-order chi connectivity index (χ1) is 10.0. The first-order valence-electron chi connectivity index (χ1n) is 7.59. The molecule has 0 radical (unpaired) electrons. The van der Waals surface area contributed by atoms with E-state index >= 15 is 0 Å². The molecule has 0 spiro atoms. The zero-order valence-corrected chi connectivity index (χ0v) is 13.2. The predicted octanol–water partition coefficient (Wildman–Crippen LogP) is 1.45. The molecule has 2 aliphatic rings. The van der Waals surface area contributed by atoms with Crippen LogP contribution in [0.4, 0.5) is 0 Å². The standard InChI is InChI=1S/C15H22ClN3O2/c1-8-11(15(16)19(2)18-8)6-13(21)17-14-10-4-3-9(5-10)12(14)7-20/h9-10,12,14,20H,3-7H2,1-2H3,(H,17,21). The molecule has 1 amide bonds. The predicted molar refractivity (Wildman–Crippen MR) is 80.0 cm³/mol. The van der Waals surface area contributed by atoms with Gasteiger partial charge in [-0.25, -0.2) is 0 Å². The fourth-order valence-corrected chi connectivity index (χ4v) is 4.41. The topological polar surface area (TPSA) is 67.2 Å². The highest BCUT2D eigenvalue weighted by Crippen LogP contribution is 2.48. The van der Waals surface area contributed by atoms with Crippen LogP contribution in [0.1, 0.15) is 30.5 Å². The molecule has 2 fully saturated rings. The van der Waals surface area contributed by atoms with Crippen LogP contribution in [0, 0.1) is 24.7 Å². The molecule has 1 aromatic heterocycles. The summed E-state index contributed by atoms with van der Waals surface area (Å²) in [5.41, 5.74) is 1.59. The number of carbonyl (C=O) groups is 1. The number of rotatable bonds is 4. The normalized spacial score (nSPS) is 30.9. The minimum absolute atomic E-state index is 0.0241. The number of carbonyl (C=O) groups excluding carboxylic acids is 1. The fraction of sp³-hybridized carbons (Fsp3) is 0.733. The molecule has 21 heavy (non-hydrogen) atoms. The third kappa shape index (κ3) is 2.57. The number of aryl methyl sites for hydroxylation is 2. The summed E-state index contributed by atoms with van der Waals surface area (Å²) in [5, 5.41) is 17.4. The Labute approximate surface area is 129 Å². The number of nitrogens with one attached hydrogen (secondary N) is 1. The van der Waals surface area contributed by atoms with Crippen molar-refractivity contribution >= 4 is 17.5 Å². The largest absolute Gasteiger partial charge is 0.396 e.